The predicted octanol–water partition coefficient (Wildman–Crippen LogP) is 7.17. The average molecular weight is 640 g/mol. The highest BCUT2D eigenvalue weighted by Gasteiger charge is 2.18. The molecule has 43 heavy (non-hydrogen) atoms. The molecule has 0 saturated carbocycles. The Kier molecular flexibility index (Phi) is 9.01. The predicted molar refractivity (Wildman–Crippen MR) is 175 cm³/mol. The highest BCUT2D eigenvalue weighted by atomic mass is 79.9. The van der Waals surface area contributed by atoms with Gasteiger partial charge in [-0.05, 0) is 100 Å². The second-order valence-corrected chi connectivity index (χ2v) is 11.1. The van der Waals surface area contributed by atoms with Gasteiger partial charge in [-0.3, -0.25) is 9.59 Å². The molecule has 0 atom stereocenters. The molecule has 0 fully saturated rings. The van der Waals surface area contributed by atoms with E-state index in [4.69, 9.17) is 14.5 Å². The Balaban J connectivity index is 1.46. The molecule has 0 unspecified atom stereocenters. The molecule has 9 heteroatoms. The van der Waals surface area contributed by atoms with Gasteiger partial charge in [-0.1, -0.05) is 44.2 Å². The summed E-state index contributed by atoms with van der Waals surface area (Å²) in [5.74, 6) is 1.65. The summed E-state index contributed by atoms with van der Waals surface area (Å²) < 4.78 is 13.3. The molecule has 0 bridgehead atoms. The molecule has 0 radical (unpaired) electrons. The summed E-state index contributed by atoms with van der Waals surface area (Å²) in [5.41, 5.74) is 4.45. The number of nitrogens with zero attached hydrogens (tertiary/aromatic N) is 3. The number of carbonyl (C=O) groups is 1. The van der Waals surface area contributed by atoms with Gasteiger partial charge in [0.15, 0.2) is 12.4 Å². The normalized spacial score (nSPS) is 11.3. The van der Waals surface area contributed by atoms with Crippen LogP contribution in [0.15, 0.2) is 99.3 Å². The van der Waals surface area contributed by atoms with Crippen LogP contribution < -0.4 is 20.3 Å². The number of aryl methyl sites for hydroxylation is 1. The molecule has 4 aromatic carbocycles. The van der Waals surface area contributed by atoms with Crippen LogP contribution in [0.5, 0.6) is 11.5 Å². The number of carbonyl (C=O) groups excluding carboxylic acids is 1. The molecule has 5 rings (SSSR count). The van der Waals surface area contributed by atoms with Crippen LogP contribution in [0.4, 0.5) is 5.69 Å². The number of hydrogen-bond donors (Lipinski definition) is 1. The maximum atomic E-state index is 13.7. The maximum absolute atomic E-state index is 13.7. The number of para-hydroxylation sites is 2. The first-order valence-electron chi connectivity index (χ1n) is 13.8. The van der Waals surface area contributed by atoms with Gasteiger partial charge in [-0.25, -0.2) is 4.98 Å². The number of rotatable bonds is 9. The molecule has 0 aliphatic carbocycles. The number of benzene rings is 4. The molecule has 218 valence electrons. The van der Waals surface area contributed by atoms with Gasteiger partial charge in [0.1, 0.15) is 11.5 Å². The number of nitrogens with one attached hydrogen (secondary N) is 1. The highest BCUT2D eigenvalue weighted by Crippen LogP contribution is 2.34. The Bertz CT molecular complexity index is 1880. The van der Waals surface area contributed by atoms with Crippen LogP contribution in [0.2, 0.25) is 0 Å². The minimum atomic E-state index is -0.276. The van der Waals surface area contributed by atoms with Crippen molar-refractivity contribution in [1.29, 1.82) is 0 Å². The Labute approximate surface area is 258 Å². The molecule has 1 amide bonds. The Morgan fingerprint density at radius 2 is 1.77 bits per heavy atom. The SMILES string of the molecule is COc1cc(C)c(-c2nc3ccccc3c(=O)n2N=Cc2ccc(OCC(=O)Nc3ccccc3)c(Br)c2)cc1C(C)C. The van der Waals surface area contributed by atoms with Crippen LogP contribution in [0.3, 0.4) is 0 Å². The summed E-state index contributed by atoms with van der Waals surface area (Å²) in [7, 11) is 1.66. The number of halogens is 1. The zero-order valence-electron chi connectivity index (χ0n) is 24.3. The topological polar surface area (TPSA) is 94.8 Å². The number of aromatic nitrogens is 2. The van der Waals surface area contributed by atoms with Gasteiger partial charge in [0, 0.05) is 11.3 Å². The number of fused-ring (bicyclic) bond motifs is 1. The lowest BCUT2D eigenvalue weighted by Gasteiger charge is -2.17. The number of ether oxygens (including phenoxy) is 2. The van der Waals surface area contributed by atoms with E-state index in [1.807, 2.05) is 73.7 Å². The lowest BCUT2D eigenvalue weighted by Crippen LogP contribution is -2.21. The van der Waals surface area contributed by atoms with Crippen molar-refractivity contribution in [3.8, 4) is 22.9 Å². The molecule has 8 nitrogen and oxygen atoms in total. The third-order valence-electron chi connectivity index (χ3n) is 6.89. The van der Waals surface area contributed by atoms with Gasteiger partial charge in [0.05, 0.1) is 28.7 Å². The van der Waals surface area contributed by atoms with E-state index < -0.39 is 0 Å². The number of methoxy groups -OCH3 is 1. The molecular weight excluding hydrogens is 608 g/mol. The third-order valence-corrected chi connectivity index (χ3v) is 7.51. The van der Waals surface area contributed by atoms with E-state index in [0.29, 0.717) is 38.2 Å². The summed E-state index contributed by atoms with van der Waals surface area (Å²) in [6.45, 7) is 6.00. The van der Waals surface area contributed by atoms with E-state index in [9.17, 15) is 9.59 Å². The average Bonchev–Trinajstić information content (AvgIpc) is 3.00. The fourth-order valence-electron chi connectivity index (χ4n) is 4.67. The van der Waals surface area contributed by atoms with E-state index in [1.54, 1.807) is 31.5 Å². The van der Waals surface area contributed by atoms with E-state index in [0.717, 1.165) is 22.4 Å². The molecule has 0 saturated heterocycles. The first-order chi connectivity index (χ1) is 20.7. The summed E-state index contributed by atoms with van der Waals surface area (Å²) in [6, 6.07) is 25.8. The van der Waals surface area contributed by atoms with Crippen molar-refractivity contribution in [3.63, 3.8) is 0 Å². The first kappa shape index (κ1) is 29.7. The number of hydrogen-bond acceptors (Lipinski definition) is 6. The quantitative estimate of drug-likeness (QED) is 0.173. The zero-order valence-corrected chi connectivity index (χ0v) is 25.9. The number of amides is 1. The van der Waals surface area contributed by atoms with E-state index in [2.05, 4.69) is 40.2 Å². The Hall–Kier alpha value is -4.76. The molecule has 0 aliphatic heterocycles. The standard InChI is InChI=1S/C34H31BrN4O4/c1-21(2)26-18-27(22(3)16-31(26)42-4)33-38-29-13-9-8-12-25(29)34(41)39(33)36-19-23-14-15-30(28(35)17-23)43-20-32(40)37-24-10-6-5-7-11-24/h5-19,21H,20H2,1-4H3,(H,37,40). The van der Waals surface area contributed by atoms with Crippen LogP contribution in [-0.2, 0) is 4.79 Å². The minimum Gasteiger partial charge on any atom is -0.496 e. The summed E-state index contributed by atoms with van der Waals surface area (Å²) >= 11 is 3.52. The fraction of sp³-hybridized carbons (Fsp3) is 0.176. The van der Waals surface area contributed by atoms with Gasteiger partial charge >= 0.3 is 0 Å². The molecule has 1 N–H and O–H groups in total. The van der Waals surface area contributed by atoms with Crippen molar-refractivity contribution in [3.05, 3.63) is 116 Å². The van der Waals surface area contributed by atoms with Crippen LogP contribution >= 0.6 is 15.9 Å². The van der Waals surface area contributed by atoms with Gasteiger partial charge in [0.25, 0.3) is 11.5 Å². The Morgan fingerprint density at radius 3 is 2.49 bits per heavy atom. The smallest absolute Gasteiger partial charge is 0.282 e. The van der Waals surface area contributed by atoms with E-state index in [1.165, 1.54) is 4.68 Å². The van der Waals surface area contributed by atoms with Crippen LogP contribution in [0.25, 0.3) is 22.3 Å². The van der Waals surface area contributed by atoms with E-state index in [-0.39, 0.29) is 24.0 Å². The third kappa shape index (κ3) is 6.67. The van der Waals surface area contributed by atoms with Crippen molar-refractivity contribution >= 4 is 44.6 Å². The first-order valence-corrected chi connectivity index (χ1v) is 14.6. The van der Waals surface area contributed by atoms with Gasteiger partial charge in [0.2, 0.25) is 0 Å². The van der Waals surface area contributed by atoms with E-state index >= 15 is 0 Å². The maximum Gasteiger partial charge on any atom is 0.282 e. The molecule has 0 spiro atoms. The molecule has 1 aromatic heterocycles. The zero-order chi connectivity index (χ0) is 30.5. The van der Waals surface area contributed by atoms with Gasteiger partial charge in [-0.15, -0.1) is 0 Å². The summed E-state index contributed by atoms with van der Waals surface area (Å²) in [6.07, 6.45) is 1.60. The van der Waals surface area contributed by atoms with Gasteiger partial charge < -0.3 is 14.8 Å². The second kappa shape index (κ2) is 13.0. The summed E-state index contributed by atoms with van der Waals surface area (Å²) in [4.78, 5) is 30.9. The van der Waals surface area contributed by atoms with Crippen LogP contribution in [0.1, 0.15) is 36.5 Å². The highest BCUT2D eigenvalue weighted by molar-refractivity contribution is 9.10. The largest absolute Gasteiger partial charge is 0.496 e. The lowest BCUT2D eigenvalue weighted by molar-refractivity contribution is -0.118. The van der Waals surface area contributed by atoms with Crippen molar-refractivity contribution in [2.75, 3.05) is 19.0 Å². The molecule has 5 aromatic rings. The number of anilines is 1. The molecular formula is C34H31BrN4O4. The monoisotopic (exact) mass is 638 g/mol. The van der Waals surface area contributed by atoms with Crippen molar-refractivity contribution in [2.45, 2.75) is 26.7 Å². The van der Waals surface area contributed by atoms with Gasteiger partial charge in [-0.2, -0.15) is 9.78 Å². The van der Waals surface area contributed by atoms with Crippen LogP contribution in [-0.4, -0.2) is 35.5 Å². The molecule has 0 aliphatic rings. The van der Waals surface area contributed by atoms with Crippen molar-refractivity contribution in [2.24, 2.45) is 5.10 Å². The Morgan fingerprint density at radius 1 is 1.02 bits per heavy atom. The van der Waals surface area contributed by atoms with Crippen molar-refractivity contribution in [1.82, 2.24) is 9.66 Å². The second-order valence-electron chi connectivity index (χ2n) is 10.3. The minimum absolute atomic E-state index is 0.151. The summed E-state index contributed by atoms with van der Waals surface area (Å²) in [5, 5.41) is 7.87. The fourth-order valence-corrected chi connectivity index (χ4v) is 5.18. The van der Waals surface area contributed by atoms with Crippen LogP contribution in [0, 0.1) is 6.92 Å². The lowest BCUT2D eigenvalue weighted by atomic mass is 9.96. The van der Waals surface area contributed by atoms with Crippen molar-refractivity contribution < 1.29 is 14.3 Å². The molecule has 1 heterocycles.